The molecule has 2 saturated heterocycles. The highest BCUT2D eigenvalue weighted by Gasteiger charge is 2.27. The van der Waals surface area contributed by atoms with Crippen LogP contribution >= 0.6 is 0 Å². The van der Waals surface area contributed by atoms with Crippen LogP contribution in [0.5, 0.6) is 0 Å². The van der Waals surface area contributed by atoms with Crippen LogP contribution in [-0.4, -0.2) is 68.2 Å². The summed E-state index contributed by atoms with van der Waals surface area (Å²) in [6, 6.07) is 6.00. The van der Waals surface area contributed by atoms with Crippen molar-refractivity contribution in [2.45, 2.75) is 43.4 Å². The van der Waals surface area contributed by atoms with E-state index in [4.69, 9.17) is 4.74 Å². The third-order valence-electron chi connectivity index (χ3n) is 5.18. The third-order valence-corrected chi connectivity index (χ3v) is 7.07. The first-order valence-corrected chi connectivity index (χ1v) is 11.6. The molecule has 1 aromatic rings. The molecule has 2 fully saturated rings. The maximum absolute atomic E-state index is 12.6. The number of likely N-dealkylation sites (tertiary alicyclic amines) is 1. The lowest BCUT2D eigenvalue weighted by atomic mass is 10.2. The minimum Gasteiger partial charge on any atom is -0.454 e. The van der Waals surface area contributed by atoms with Crippen LogP contribution in [0.4, 0.5) is 5.69 Å². The Balaban J connectivity index is 1.51. The molecule has 164 valence electrons. The molecule has 2 heterocycles. The number of hydrogen-bond acceptors (Lipinski definition) is 6. The number of ether oxygens (including phenoxy) is 1. The number of anilines is 1. The zero-order valence-corrected chi connectivity index (χ0v) is 17.7. The molecule has 0 spiro atoms. The average Bonchev–Trinajstić information content (AvgIpc) is 3.20. The molecule has 0 saturated carbocycles. The standard InChI is InChI=1S/C20H27N3O6S/c24-18(15-29-20(26)14-22-10-3-1-2-9-19(22)25)21-16-7-6-8-17(13-16)30(27,28)23-11-4-5-12-23/h6-8,13H,1-5,9-12,14-15H2,(H,21,24). The highest BCUT2D eigenvalue weighted by molar-refractivity contribution is 7.89. The number of hydrogen-bond donors (Lipinski definition) is 1. The Morgan fingerprint density at radius 3 is 2.53 bits per heavy atom. The molecule has 0 radical (unpaired) electrons. The van der Waals surface area contributed by atoms with E-state index in [-0.39, 0.29) is 17.3 Å². The summed E-state index contributed by atoms with van der Waals surface area (Å²) in [4.78, 5) is 37.6. The fourth-order valence-corrected chi connectivity index (χ4v) is 5.13. The normalized spacial score (nSPS) is 18.1. The molecule has 0 unspecified atom stereocenters. The van der Waals surface area contributed by atoms with E-state index >= 15 is 0 Å². The van der Waals surface area contributed by atoms with Crippen LogP contribution in [0.2, 0.25) is 0 Å². The second-order valence-electron chi connectivity index (χ2n) is 7.47. The second-order valence-corrected chi connectivity index (χ2v) is 9.41. The van der Waals surface area contributed by atoms with Crippen LogP contribution in [0.25, 0.3) is 0 Å². The quantitative estimate of drug-likeness (QED) is 0.645. The molecule has 0 aliphatic carbocycles. The van der Waals surface area contributed by atoms with Gasteiger partial charge in [0.15, 0.2) is 6.61 Å². The fraction of sp³-hybridized carbons (Fsp3) is 0.550. The number of amides is 2. The average molecular weight is 438 g/mol. The Labute approximate surface area is 176 Å². The monoisotopic (exact) mass is 437 g/mol. The molecule has 2 aliphatic heterocycles. The maximum Gasteiger partial charge on any atom is 0.326 e. The van der Waals surface area contributed by atoms with Crippen molar-refractivity contribution >= 4 is 33.5 Å². The Hall–Kier alpha value is -2.46. The van der Waals surface area contributed by atoms with Crippen molar-refractivity contribution in [2.75, 3.05) is 38.1 Å². The summed E-state index contributed by atoms with van der Waals surface area (Å²) >= 11 is 0. The summed E-state index contributed by atoms with van der Waals surface area (Å²) in [5, 5.41) is 2.54. The van der Waals surface area contributed by atoms with Gasteiger partial charge in [0.2, 0.25) is 15.9 Å². The van der Waals surface area contributed by atoms with Gasteiger partial charge in [-0.1, -0.05) is 12.5 Å². The van der Waals surface area contributed by atoms with Gasteiger partial charge >= 0.3 is 5.97 Å². The Kier molecular flexibility index (Phi) is 7.43. The largest absolute Gasteiger partial charge is 0.454 e. The summed E-state index contributed by atoms with van der Waals surface area (Å²) in [5.41, 5.74) is 0.305. The third kappa shape index (κ3) is 5.79. The second kappa shape index (κ2) is 10.0. The van der Waals surface area contributed by atoms with E-state index in [0.29, 0.717) is 31.7 Å². The number of carbonyl (C=O) groups is 3. The van der Waals surface area contributed by atoms with Crippen LogP contribution in [-0.2, 0) is 29.1 Å². The Morgan fingerprint density at radius 1 is 1.03 bits per heavy atom. The molecule has 3 rings (SSSR count). The molecule has 2 amide bonds. The van der Waals surface area contributed by atoms with Crippen LogP contribution < -0.4 is 5.32 Å². The summed E-state index contributed by atoms with van der Waals surface area (Å²) in [6.07, 6.45) is 4.71. The molecular weight excluding hydrogens is 410 g/mol. The molecule has 1 aromatic carbocycles. The van der Waals surface area contributed by atoms with Gasteiger partial charge < -0.3 is 15.0 Å². The van der Waals surface area contributed by atoms with E-state index < -0.39 is 28.5 Å². The van der Waals surface area contributed by atoms with Crippen LogP contribution in [0, 0.1) is 0 Å². The topological polar surface area (TPSA) is 113 Å². The summed E-state index contributed by atoms with van der Waals surface area (Å²) in [6.45, 7) is 0.820. The molecule has 0 bridgehead atoms. The van der Waals surface area contributed by atoms with E-state index in [1.54, 1.807) is 12.1 Å². The first-order chi connectivity index (χ1) is 14.4. The van der Waals surface area contributed by atoms with E-state index in [0.717, 1.165) is 32.1 Å². The lowest BCUT2D eigenvalue weighted by molar-refractivity contribution is -0.151. The van der Waals surface area contributed by atoms with Crippen LogP contribution in [0.1, 0.15) is 38.5 Å². The molecule has 10 heteroatoms. The van der Waals surface area contributed by atoms with Gasteiger partial charge in [0.25, 0.3) is 5.91 Å². The number of esters is 1. The number of sulfonamides is 1. The predicted molar refractivity (Wildman–Crippen MR) is 109 cm³/mol. The van der Waals surface area contributed by atoms with E-state index in [2.05, 4.69) is 5.32 Å². The highest BCUT2D eigenvalue weighted by Crippen LogP contribution is 2.23. The number of nitrogens with zero attached hydrogens (tertiary/aromatic N) is 2. The van der Waals surface area contributed by atoms with Gasteiger partial charge in [-0.15, -0.1) is 0 Å². The van der Waals surface area contributed by atoms with Gasteiger partial charge in [-0.2, -0.15) is 4.31 Å². The van der Waals surface area contributed by atoms with Crippen molar-refractivity contribution < 1.29 is 27.5 Å². The van der Waals surface area contributed by atoms with Gasteiger partial charge in [0.1, 0.15) is 6.54 Å². The smallest absolute Gasteiger partial charge is 0.326 e. The van der Waals surface area contributed by atoms with E-state index in [9.17, 15) is 22.8 Å². The minimum absolute atomic E-state index is 0.0788. The predicted octanol–water partition coefficient (Wildman–Crippen LogP) is 1.36. The van der Waals surface area contributed by atoms with Crippen LogP contribution in [0.15, 0.2) is 29.2 Å². The molecule has 2 aliphatic rings. The first kappa shape index (κ1) is 22.2. The number of rotatable bonds is 7. The van der Waals surface area contributed by atoms with Crippen molar-refractivity contribution in [2.24, 2.45) is 0 Å². The summed E-state index contributed by atoms with van der Waals surface area (Å²) < 4.78 is 31.7. The molecule has 9 nitrogen and oxygen atoms in total. The minimum atomic E-state index is -3.59. The molecule has 1 N–H and O–H groups in total. The molecular formula is C20H27N3O6S. The highest BCUT2D eigenvalue weighted by atomic mass is 32.2. The van der Waals surface area contributed by atoms with Gasteiger partial charge in [-0.25, -0.2) is 8.42 Å². The van der Waals surface area contributed by atoms with Gasteiger partial charge in [-0.3, -0.25) is 14.4 Å². The van der Waals surface area contributed by atoms with Gasteiger partial charge in [0.05, 0.1) is 4.90 Å². The molecule has 0 atom stereocenters. The number of carbonyl (C=O) groups excluding carboxylic acids is 3. The maximum atomic E-state index is 12.6. The first-order valence-electron chi connectivity index (χ1n) is 10.2. The van der Waals surface area contributed by atoms with E-state index in [1.807, 2.05) is 0 Å². The SMILES string of the molecule is O=C(COC(=O)CN1CCCCCC1=O)Nc1cccc(S(=O)(=O)N2CCCC2)c1. The van der Waals surface area contributed by atoms with Gasteiger partial charge in [0, 0.05) is 31.7 Å². The Morgan fingerprint density at radius 2 is 1.77 bits per heavy atom. The van der Waals surface area contributed by atoms with Gasteiger partial charge in [-0.05, 0) is 43.9 Å². The molecule has 0 aromatic heterocycles. The van der Waals surface area contributed by atoms with Crippen LogP contribution in [0.3, 0.4) is 0 Å². The number of nitrogens with one attached hydrogen (secondary N) is 1. The lowest BCUT2D eigenvalue weighted by Crippen LogP contribution is -2.36. The summed E-state index contributed by atoms with van der Waals surface area (Å²) in [7, 11) is -3.59. The molecule has 30 heavy (non-hydrogen) atoms. The fourth-order valence-electron chi connectivity index (χ4n) is 3.56. The van der Waals surface area contributed by atoms with Crippen molar-refractivity contribution in [1.29, 1.82) is 0 Å². The van der Waals surface area contributed by atoms with E-state index in [1.165, 1.54) is 21.3 Å². The number of benzene rings is 1. The van der Waals surface area contributed by atoms with Crippen molar-refractivity contribution in [3.63, 3.8) is 0 Å². The zero-order chi connectivity index (χ0) is 21.6. The Bertz CT molecular complexity index is 896. The summed E-state index contributed by atoms with van der Waals surface area (Å²) in [5.74, 6) is -1.31. The lowest BCUT2D eigenvalue weighted by Gasteiger charge is -2.19. The van der Waals surface area contributed by atoms with Crippen molar-refractivity contribution in [1.82, 2.24) is 9.21 Å². The van der Waals surface area contributed by atoms with Crippen molar-refractivity contribution in [3.8, 4) is 0 Å². The zero-order valence-electron chi connectivity index (χ0n) is 16.8. The van der Waals surface area contributed by atoms with Crippen molar-refractivity contribution in [3.05, 3.63) is 24.3 Å².